The zero-order valence-electron chi connectivity index (χ0n) is 9.85. The summed E-state index contributed by atoms with van der Waals surface area (Å²) in [5, 5.41) is 9.10. The lowest BCUT2D eigenvalue weighted by Gasteiger charge is -2.07. The molecule has 18 heavy (non-hydrogen) atoms. The maximum Gasteiger partial charge on any atom is 0.269 e. The summed E-state index contributed by atoms with van der Waals surface area (Å²) in [6.45, 7) is 2.34. The van der Waals surface area contributed by atoms with E-state index >= 15 is 0 Å². The maximum atomic E-state index is 12.9. The van der Waals surface area contributed by atoms with E-state index in [0.717, 1.165) is 0 Å². The number of aryl methyl sites for hydroxylation is 1. The van der Waals surface area contributed by atoms with E-state index in [2.05, 4.69) is 0 Å². The van der Waals surface area contributed by atoms with Gasteiger partial charge in [-0.05, 0) is 30.7 Å². The average Bonchev–Trinajstić information content (AvgIpc) is 2.39. The van der Waals surface area contributed by atoms with Gasteiger partial charge < -0.3 is 4.57 Å². The van der Waals surface area contributed by atoms with Gasteiger partial charge >= 0.3 is 0 Å². The molecule has 0 radical (unpaired) electrons. The number of hydrogen-bond donors (Lipinski definition) is 0. The number of aromatic nitrogens is 1. The SMILES string of the molecule is CCn1ccc(-c2ccc(F)cc2)c(C#N)c1=O. The quantitative estimate of drug-likeness (QED) is 0.812. The van der Waals surface area contributed by atoms with E-state index in [-0.39, 0.29) is 16.9 Å². The zero-order valence-corrected chi connectivity index (χ0v) is 9.85. The van der Waals surface area contributed by atoms with Gasteiger partial charge in [0.25, 0.3) is 5.56 Å². The molecule has 0 fully saturated rings. The van der Waals surface area contributed by atoms with Crippen LogP contribution in [0.3, 0.4) is 0 Å². The Labute approximate surface area is 104 Å². The van der Waals surface area contributed by atoms with Crippen molar-refractivity contribution in [2.75, 3.05) is 0 Å². The first-order valence-electron chi connectivity index (χ1n) is 5.57. The number of pyridine rings is 1. The molecule has 0 unspecified atom stereocenters. The minimum atomic E-state index is -0.348. The Hall–Kier alpha value is -2.41. The first-order chi connectivity index (χ1) is 8.67. The van der Waals surface area contributed by atoms with Crippen LogP contribution >= 0.6 is 0 Å². The Morgan fingerprint density at radius 3 is 2.50 bits per heavy atom. The molecule has 0 bridgehead atoms. The van der Waals surface area contributed by atoms with E-state index in [9.17, 15) is 9.18 Å². The Balaban J connectivity index is 2.66. The molecule has 1 aromatic carbocycles. The zero-order chi connectivity index (χ0) is 13.1. The molecular formula is C14H11FN2O. The normalized spacial score (nSPS) is 10.1. The molecule has 0 atom stereocenters. The predicted molar refractivity (Wildman–Crippen MR) is 66.5 cm³/mol. The van der Waals surface area contributed by atoms with Crippen molar-refractivity contribution in [3.05, 3.63) is 58.3 Å². The van der Waals surface area contributed by atoms with Crippen molar-refractivity contribution in [2.45, 2.75) is 13.5 Å². The van der Waals surface area contributed by atoms with Crippen molar-refractivity contribution in [3.63, 3.8) is 0 Å². The molecule has 0 saturated carbocycles. The van der Waals surface area contributed by atoms with Gasteiger partial charge in [0.05, 0.1) is 0 Å². The molecule has 0 aliphatic carbocycles. The van der Waals surface area contributed by atoms with Gasteiger partial charge in [-0.3, -0.25) is 4.79 Å². The van der Waals surface area contributed by atoms with Gasteiger partial charge in [-0.25, -0.2) is 4.39 Å². The van der Waals surface area contributed by atoms with E-state index in [4.69, 9.17) is 5.26 Å². The molecular weight excluding hydrogens is 231 g/mol. The Morgan fingerprint density at radius 1 is 1.28 bits per heavy atom. The Morgan fingerprint density at radius 2 is 1.94 bits per heavy atom. The minimum absolute atomic E-state index is 0.0889. The van der Waals surface area contributed by atoms with E-state index in [1.807, 2.05) is 13.0 Å². The van der Waals surface area contributed by atoms with E-state index in [1.54, 1.807) is 24.4 Å². The number of benzene rings is 1. The van der Waals surface area contributed by atoms with Crippen LogP contribution in [0, 0.1) is 17.1 Å². The third-order valence-corrected chi connectivity index (χ3v) is 2.77. The summed E-state index contributed by atoms with van der Waals surface area (Å²) < 4.78 is 14.3. The predicted octanol–water partition coefficient (Wildman–Crippen LogP) is 2.55. The van der Waals surface area contributed by atoms with Crippen LogP contribution in [-0.2, 0) is 6.54 Å². The van der Waals surface area contributed by atoms with Gasteiger partial charge in [-0.15, -0.1) is 0 Å². The smallest absolute Gasteiger partial charge is 0.269 e. The maximum absolute atomic E-state index is 12.9. The lowest BCUT2D eigenvalue weighted by atomic mass is 10.0. The van der Waals surface area contributed by atoms with Crippen LogP contribution in [0.5, 0.6) is 0 Å². The van der Waals surface area contributed by atoms with Gasteiger partial charge in [0.2, 0.25) is 0 Å². The summed E-state index contributed by atoms with van der Waals surface area (Å²) >= 11 is 0. The number of nitriles is 1. The summed E-state index contributed by atoms with van der Waals surface area (Å²) in [6, 6.07) is 9.36. The van der Waals surface area contributed by atoms with Crippen molar-refractivity contribution >= 4 is 0 Å². The minimum Gasteiger partial charge on any atom is -0.315 e. The molecule has 1 heterocycles. The van der Waals surface area contributed by atoms with Crippen molar-refractivity contribution in [2.24, 2.45) is 0 Å². The summed E-state index contributed by atoms with van der Waals surface area (Å²) in [5.74, 6) is -0.348. The van der Waals surface area contributed by atoms with Crippen LogP contribution in [0.25, 0.3) is 11.1 Å². The molecule has 0 aliphatic rings. The highest BCUT2D eigenvalue weighted by atomic mass is 19.1. The number of halogens is 1. The van der Waals surface area contributed by atoms with Crippen LogP contribution in [0.2, 0.25) is 0 Å². The third kappa shape index (κ3) is 2.03. The lowest BCUT2D eigenvalue weighted by molar-refractivity contribution is 0.628. The average molecular weight is 242 g/mol. The fraction of sp³-hybridized carbons (Fsp3) is 0.143. The van der Waals surface area contributed by atoms with Crippen LogP contribution in [0.15, 0.2) is 41.3 Å². The van der Waals surface area contributed by atoms with Gasteiger partial charge in [0.15, 0.2) is 0 Å². The first-order valence-corrected chi connectivity index (χ1v) is 5.57. The van der Waals surface area contributed by atoms with E-state index in [1.165, 1.54) is 16.7 Å². The van der Waals surface area contributed by atoms with Gasteiger partial charge in [0.1, 0.15) is 17.4 Å². The fourth-order valence-electron chi connectivity index (χ4n) is 1.80. The molecule has 3 nitrogen and oxygen atoms in total. The molecule has 2 rings (SSSR count). The van der Waals surface area contributed by atoms with E-state index in [0.29, 0.717) is 17.7 Å². The van der Waals surface area contributed by atoms with Gasteiger partial charge in [0, 0.05) is 18.3 Å². The topological polar surface area (TPSA) is 45.8 Å². The first kappa shape index (κ1) is 12.1. The Bertz CT molecular complexity index is 666. The van der Waals surface area contributed by atoms with Crippen molar-refractivity contribution in [3.8, 4) is 17.2 Å². The van der Waals surface area contributed by atoms with Crippen LogP contribution in [0.1, 0.15) is 12.5 Å². The number of rotatable bonds is 2. The molecule has 0 spiro atoms. The summed E-state index contributed by atoms with van der Waals surface area (Å²) in [6.07, 6.45) is 1.64. The monoisotopic (exact) mass is 242 g/mol. The highest BCUT2D eigenvalue weighted by Crippen LogP contribution is 2.21. The lowest BCUT2D eigenvalue weighted by Crippen LogP contribution is -2.21. The van der Waals surface area contributed by atoms with Crippen LogP contribution < -0.4 is 5.56 Å². The van der Waals surface area contributed by atoms with E-state index < -0.39 is 0 Å². The highest BCUT2D eigenvalue weighted by Gasteiger charge is 2.10. The van der Waals surface area contributed by atoms with Crippen LogP contribution in [-0.4, -0.2) is 4.57 Å². The highest BCUT2D eigenvalue weighted by molar-refractivity contribution is 5.69. The second-order valence-electron chi connectivity index (χ2n) is 3.81. The Kier molecular flexibility index (Phi) is 3.24. The van der Waals surface area contributed by atoms with Gasteiger partial charge in [-0.1, -0.05) is 12.1 Å². The fourth-order valence-corrected chi connectivity index (χ4v) is 1.80. The molecule has 1 aromatic heterocycles. The van der Waals surface area contributed by atoms with Gasteiger partial charge in [-0.2, -0.15) is 5.26 Å². The molecule has 0 saturated heterocycles. The summed E-state index contributed by atoms with van der Waals surface area (Å²) in [4.78, 5) is 12.0. The third-order valence-electron chi connectivity index (χ3n) is 2.77. The van der Waals surface area contributed by atoms with Crippen molar-refractivity contribution < 1.29 is 4.39 Å². The largest absolute Gasteiger partial charge is 0.315 e. The van der Waals surface area contributed by atoms with Crippen molar-refractivity contribution in [1.29, 1.82) is 5.26 Å². The summed E-state index contributed by atoms with van der Waals surface area (Å²) in [7, 11) is 0. The molecule has 0 aliphatic heterocycles. The summed E-state index contributed by atoms with van der Waals surface area (Å²) in [5.41, 5.74) is 0.966. The molecule has 90 valence electrons. The number of nitrogens with zero attached hydrogens (tertiary/aromatic N) is 2. The molecule has 0 N–H and O–H groups in total. The van der Waals surface area contributed by atoms with Crippen molar-refractivity contribution in [1.82, 2.24) is 4.57 Å². The second-order valence-corrected chi connectivity index (χ2v) is 3.81. The standard InChI is InChI=1S/C14H11FN2O/c1-2-17-8-7-12(13(9-16)14(17)18)10-3-5-11(15)6-4-10/h3-8H,2H2,1H3. The molecule has 4 heteroatoms. The second kappa shape index (κ2) is 4.84. The van der Waals surface area contributed by atoms with Crippen LogP contribution in [0.4, 0.5) is 4.39 Å². The number of hydrogen-bond acceptors (Lipinski definition) is 2. The molecule has 2 aromatic rings. The molecule has 0 amide bonds.